The van der Waals surface area contributed by atoms with Crippen LogP contribution in [0.3, 0.4) is 0 Å². The molecule has 1 rings (SSSR count). The van der Waals surface area contributed by atoms with Gasteiger partial charge in [0.15, 0.2) is 5.75 Å². The Bertz CT molecular complexity index is 338. The van der Waals surface area contributed by atoms with E-state index in [0.717, 1.165) is 5.56 Å². The van der Waals surface area contributed by atoms with Gasteiger partial charge in [0.1, 0.15) is 0 Å². The van der Waals surface area contributed by atoms with Crippen molar-refractivity contribution in [3.8, 4) is 5.75 Å². The zero-order chi connectivity index (χ0) is 9.30. The van der Waals surface area contributed by atoms with Gasteiger partial charge >= 0.3 is 5.69 Å². The van der Waals surface area contributed by atoms with Crippen molar-refractivity contribution in [1.29, 1.82) is 0 Å². The standard InChI is InChI=1S/C7H6BrNO3/c1-4-2-7(10)6(9(11)12)3-5(4)8/h2-3,10H,1H3. The van der Waals surface area contributed by atoms with Gasteiger partial charge in [0.25, 0.3) is 0 Å². The Morgan fingerprint density at radius 3 is 2.67 bits per heavy atom. The van der Waals surface area contributed by atoms with Gasteiger partial charge in [-0.2, -0.15) is 0 Å². The normalized spacial score (nSPS) is 9.83. The lowest BCUT2D eigenvalue weighted by atomic mass is 10.2. The number of hydrogen-bond acceptors (Lipinski definition) is 3. The second kappa shape index (κ2) is 3.10. The van der Waals surface area contributed by atoms with Gasteiger partial charge in [0.2, 0.25) is 0 Å². The highest BCUT2D eigenvalue weighted by Gasteiger charge is 2.14. The van der Waals surface area contributed by atoms with Crippen molar-refractivity contribution in [2.75, 3.05) is 0 Å². The third-order valence-corrected chi connectivity index (χ3v) is 2.31. The Hall–Kier alpha value is -1.10. The molecule has 1 aromatic carbocycles. The number of aromatic hydroxyl groups is 1. The Morgan fingerprint density at radius 2 is 2.17 bits per heavy atom. The van der Waals surface area contributed by atoms with E-state index in [1.54, 1.807) is 6.92 Å². The lowest BCUT2D eigenvalue weighted by Gasteiger charge is -1.99. The minimum Gasteiger partial charge on any atom is -0.502 e. The molecule has 0 unspecified atom stereocenters. The number of aryl methyl sites for hydroxylation is 1. The molecule has 1 N–H and O–H groups in total. The fourth-order valence-electron chi connectivity index (χ4n) is 0.802. The van der Waals surface area contributed by atoms with Gasteiger partial charge in [-0.1, -0.05) is 15.9 Å². The molecule has 0 aliphatic rings. The summed E-state index contributed by atoms with van der Waals surface area (Å²) in [5, 5.41) is 19.4. The Labute approximate surface area is 77.1 Å². The Kier molecular flexibility index (Phi) is 2.32. The number of nitro groups is 1. The first-order valence-corrected chi connectivity index (χ1v) is 3.95. The molecular weight excluding hydrogens is 226 g/mol. The number of phenolic OH excluding ortho intramolecular Hbond substituents is 1. The molecule has 64 valence electrons. The summed E-state index contributed by atoms with van der Waals surface area (Å²) in [5.41, 5.74) is 0.477. The summed E-state index contributed by atoms with van der Waals surface area (Å²) < 4.78 is 0.618. The van der Waals surface area contributed by atoms with Crippen LogP contribution in [0.5, 0.6) is 5.75 Å². The smallest absolute Gasteiger partial charge is 0.311 e. The number of hydrogen-bond donors (Lipinski definition) is 1. The summed E-state index contributed by atoms with van der Waals surface area (Å²) in [6.45, 7) is 1.74. The molecule has 0 spiro atoms. The van der Waals surface area contributed by atoms with Crippen LogP contribution in [-0.4, -0.2) is 10.0 Å². The van der Waals surface area contributed by atoms with Gasteiger partial charge in [0.05, 0.1) is 4.92 Å². The van der Waals surface area contributed by atoms with Crippen molar-refractivity contribution in [2.45, 2.75) is 6.92 Å². The van der Waals surface area contributed by atoms with Gasteiger partial charge in [-0.05, 0) is 18.6 Å². The lowest BCUT2D eigenvalue weighted by Crippen LogP contribution is -1.89. The SMILES string of the molecule is Cc1cc(O)c([N+](=O)[O-])cc1Br. The molecule has 1 aromatic rings. The second-order valence-corrected chi connectivity index (χ2v) is 3.20. The van der Waals surface area contributed by atoms with Crippen molar-refractivity contribution in [2.24, 2.45) is 0 Å². The van der Waals surface area contributed by atoms with E-state index < -0.39 is 4.92 Å². The predicted octanol–water partition coefficient (Wildman–Crippen LogP) is 2.37. The van der Waals surface area contributed by atoms with Crippen molar-refractivity contribution >= 4 is 21.6 Å². The average molecular weight is 232 g/mol. The van der Waals surface area contributed by atoms with E-state index >= 15 is 0 Å². The van der Waals surface area contributed by atoms with E-state index in [2.05, 4.69) is 15.9 Å². The maximum absolute atomic E-state index is 10.3. The van der Waals surface area contributed by atoms with E-state index in [4.69, 9.17) is 5.11 Å². The van der Waals surface area contributed by atoms with Crippen molar-refractivity contribution < 1.29 is 10.0 Å². The van der Waals surface area contributed by atoms with Crippen LogP contribution in [-0.2, 0) is 0 Å². The summed E-state index contributed by atoms with van der Waals surface area (Å²) in [6.07, 6.45) is 0. The van der Waals surface area contributed by atoms with Crippen LogP contribution >= 0.6 is 15.9 Å². The zero-order valence-corrected chi connectivity index (χ0v) is 7.83. The van der Waals surface area contributed by atoms with Crippen LogP contribution in [0.4, 0.5) is 5.69 Å². The molecule has 0 saturated carbocycles. The number of halogens is 1. The van der Waals surface area contributed by atoms with E-state index in [9.17, 15) is 10.1 Å². The molecule has 0 aromatic heterocycles. The van der Waals surface area contributed by atoms with Crippen molar-refractivity contribution in [3.63, 3.8) is 0 Å². The van der Waals surface area contributed by atoms with Gasteiger partial charge in [-0.25, -0.2) is 0 Å². The minimum atomic E-state index is -0.625. The molecule has 4 nitrogen and oxygen atoms in total. The molecule has 0 heterocycles. The number of phenols is 1. The second-order valence-electron chi connectivity index (χ2n) is 2.35. The summed E-state index contributed by atoms with van der Waals surface area (Å²) in [5.74, 6) is -0.305. The van der Waals surface area contributed by atoms with Crippen molar-refractivity contribution in [3.05, 3.63) is 32.3 Å². The molecule has 0 aliphatic carbocycles. The third-order valence-electron chi connectivity index (χ3n) is 1.45. The Morgan fingerprint density at radius 1 is 1.58 bits per heavy atom. The fourth-order valence-corrected chi connectivity index (χ4v) is 1.13. The lowest BCUT2D eigenvalue weighted by molar-refractivity contribution is -0.385. The zero-order valence-electron chi connectivity index (χ0n) is 6.24. The largest absolute Gasteiger partial charge is 0.502 e. The highest BCUT2D eigenvalue weighted by Crippen LogP contribution is 2.31. The third kappa shape index (κ3) is 1.55. The summed E-state index contributed by atoms with van der Waals surface area (Å²) >= 11 is 3.13. The van der Waals surface area contributed by atoms with Crippen LogP contribution in [0.2, 0.25) is 0 Å². The van der Waals surface area contributed by atoms with Gasteiger partial charge in [0, 0.05) is 10.5 Å². The summed E-state index contributed by atoms with van der Waals surface area (Å²) in [7, 11) is 0. The Balaban J connectivity index is 3.33. The molecule has 0 atom stereocenters. The molecule has 0 bridgehead atoms. The van der Waals surface area contributed by atoms with Crippen LogP contribution in [0.1, 0.15) is 5.56 Å². The molecule has 5 heteroatoms. The van der Waals surface area contributed by atoms with Gasteiger partial charge < -0.3 is 5.11 Å². The minimum absolute atomic E-state index is 0.285. The highest BCUT2D eigenvalue weighted by molar-refractivity contribution is 9.10. The molecule has 0 aliphatic heterocycles. The molecule has 0 fully saturated rings. The van der Waals surface area contributed by atoms with E-state index in [0.29, 0.717) is 4.47 Å². The van der Waals surface area contributed by atoms with E-state index in [-0.39, 0.29) is 11.4 Å². The maximum Gasteiger partial charge on any atom is 0.311 e. The van der Waals surface area contributed by atoms with Crippen LogP contribution < -0.4 is 0 Å². The average Bonchev–Trinajstić information content (AvgIpc) is 1.96. The molecule has 0 amide bonds. The first-order valence-electron chi connectivity index (χ1n) is 3.16. The molecule has 0 radical (unpaired) electrons. The quantitative estimate of drug-likeness (QED) is 0.597. The van der Waals surface area contributed by atoms with Crippen LogP contribution in [0.15, 0.2) is 16.6 Å². The topological polar surface area (TPSA) is 63.4 Å². The van der Waals surface area contributed by atoms with E-state index in [1.807, 2.05) is 0 Å². The van der Waals surface area contributed by atoms with Gasteiger partial charge in [-0.3, -0.25) is 10.1 Å². The molecule has 12 heavy (non-hydrogen) atoms. The summed E-state index contributed by atoms with van der Waals surface area (Å²) in [4.78, 5) is 9.68. The fraction of sp³-hybridized carbons (Fsp3) is 0.143. The first-order chi connectivity index (χ1) is 5.52. The van der Waals surface area contributed by atoms with Crippen molar-refractivity contribution in [1.82, 2.24) is 0 Å². The summed E-state index contributed by atoms with van der Waals surface area (Å²) in [6, 6.07) is 2.63. The number of nitrogens with zero attached hydrogens (tertiary/aromatic N) is 1. The molecular formula is C7H6BrNO3. The monoisotopic (exact) mass is 231 g/mol. The first kappa shape index (κ1) is 8.99. The number of benzene rings is 1. The van der Waals surface area contributed by atoms with E-state index in [1.165, 1.54) is 12.1 Å². The maximum atomic E-state index is 10.3. The number of nitro benzene ring substituents is 1. The number of rotatable bonds is 1. The van der Waals surface area contributed by atoms with Crippen LogP contribution in [0, 0.1) is 17.0 Å². The highest BCUT2D eigenvalue weighted by atomic mass is 79.9. The molecule has 0 saturated heterocycles. The van der Waals surface area contributed by atoms with Gasteiger partial charge in [-0.15, -0.1) is 0 Å². The predicted molar refractivity (Wildman–Crippen MR) is 47.2 cm³/mol. The van der Waals surface area contributed by atoms with Crippen LogP contribution in [0.25, 0.3) is 0 Å².